The third kappa shape index (κ3) is 4.01. The van der Waals surface area contributed by atoms with Crippen LogP contribution in [0.5, 0.6) is 0 Å². The van der Waals surface area contributed by atoms with Crippen LogP contribution >= 0.6 is 11.6 Å². The van der Waals surface area contributed by atoms with E-state index >= 15 is 0 Å². The van der Waals surface area contributed by atoms with Gasteiger partial charge in [-0.25, -0.2) is 0 Å². The highest BCUT2D eigenvalue weighted by molar-refractivity contribution is 6.30. The summed E-state index contributed by atoms with van der Waals surface area (Å²) < 4.78 is 7.46. The van der Waals surface area contributed by atoms with Crippen LogP contribution in [0, 0.1) is 0 Å². The molecule has 0 bridgehead atoms. The number of halogens is 1. The summed E-state index contributed by atoms with van der Waals surface area (Å²) in [5.41, 5.74) is 2.05. The highest BCUT2D eigenvalue weighted by atomic mass is 35.5. The van der Waals surface area contributed by atoms with E-state index in [0.29, 0.717) is 29.6 Å². The fourth-order valence-corrected chi connectivity index (χ4v) is 4.53. The normalized spacial score (nSPS) is 17.5. The van der Waals surface area contributed by atoms with Gasteiger partial charge in [-0.1, -0.05) is 54.1 Å². The lowest BCUT2D eigenvalue weighted by Crippen LogP contribution is -2.63. The summed E-state index contributed by atoms with van der Waals surface area (Å²) in [4.78, 5) is 29.0. The molecule has 34 heavy (non-hydrogen) atoms. The van der Waals surface area contributed by atoms with E-state index in [0.717, 1.165) is 16.8 Å². The van der Waals surface area contributed by atoms with Gasteiger partial charge >= 0.3 is 0 Å². The summed E-state index contributed by atoms with van der Waals surface area (Å²) in [6, 6.07) is 24.3. The van der Waals surface area contributed by atoms with Crippen LogP contribution in [-0.2, 0) is 24.4 Å². The number of amides is 2. The molecule has 0 saturated heterocycles. The van der Waals surface area contributed by atoms with Crippen molar-refractivity contribution < 1.29 is 14.0 Å². The van der Waals surface area contributed by atoms with Crippen molar-refractivity contribution >= 4 is 23.4 Å². The van der Waals surface area contributed by atoms with E-state index in [9.17, 15) is 9.59 Å². The number of carbonyl (C=O) groups excluding carboxylic acids is 2. The first-order chi connectivity index (χ1) is 16.5. The molecule has 5 rings (SSSR count). The molecule has 0 radical (unpaired) electrons. The summed E-state index contributed by atoms with van der Waals surface area (Å²) >= 11 is 6.05. The number of hydrogen-bond donors (Lipinski definition) is 1. The number of benzene rings is 2. The van der Waals surface area contributed by atoms with Gasteiger partial charge in [0.15, 0.2) is 0 Å². The predicted molar refractivity (Wildman–Crippen MR) is 130 cm³/mol. The number of aromatic nitrogens is 1. The van der Waals surface area contributed by atoms with Gasteiger partial charge in [0.25, 0.3) is 5.91 Å². The highest BCUT2D eigenvalue weighted by Crippen LogP contribution is 2.34. The van der Waals surface area contributed by atoms with Gasteiger partial charge in [0.05, 0.1) is 18.5 Å². The van der Waals surface area contributed by atoms with Gasteiger partial charge in [-0.3, -0.25) is 9.59 Å². The Hall–Kier alpha value is -3.77. The maximum absolute atomic E-state index is 13.7. The zero-order valence-corrected chi connectivity index (χ0v) is 19.5. The molecule has 0 fully saturated rings. The summed E-state index contributed by atoms with van der Waals surface area (Å²) in [6.45, 7) is 2.77. The minimum Gasteiger partial charge on any atom is -0.463 e. The fourth-order valence-electron chi connectivity index (χ4n) is 4.40. The number of carbonyl (C=O) groups is 2. The summed E-state index contributed by atoms with van der Waals surface area (Å²) in [5.74, 6) is 0.219. The van der Waals surface area contributed by atoms with Crippen LogP contribution in [-0.4, -0.2) is 26.8 Å². The van der Waals surface area contributed by atoms with E-state index in [1.165, 1.54) is 0 Å². The largest absolute Gasteiger partial charge is 0.463 e. The molecule has 2 amide bonds. The van der Waals surface area contributed by atoms with Crippen molar-refractivity contribution in [2.24, 2.45) is 0 Å². The van der Waals surface area contributed by atoms with E-state index < -0.39 is 5.54 Å². The fraction of sp³-hybridized carbons (Fsp3) is 0.185. The highest BCUT2D eigenvalue weighted by Gasteiger charge is 2.47. The second kappa shape index (κ2) is 8.88. The van der Waals surface area contributed by atoms with E-state index in [1.54, 1.807) is 35.4 Å². The Balaban J connectivity index is 1.51. The number of fused-ring (bicyclic) bond motifs is 1. The maximum Gasteiger partial charge on any atom is 0.271 e. The Bertz CT molecular complexity index is 1310. The average molecular weight is 474 g/mol. The molecule has 1 aliphatic heterocycles. The summed E-state index contributed by atoms with van der Waals surface area (Å²) in [6.07, 6.45) is 1.60. The minimum absolute atomic E-state index is 0.212. The Morgan fingerprint density at radius 1 is 0.971 bits per heavy atom. The molecule has 4 aromatic rings. The lowest BCUT2D eigenvalue weighted by atomic mass is 9.93. The lowest BCUT2D eigenvalue weighted by molar-refractivity contribution is -0.133. The van der Waals surface area contributed by atoms with Crippen LogP contribution in [0.3, 0.4) is 0 Å². The molecule has 1 aliphatic rings. The smallest absolute Gasteiger partial charge is 0.271 e. The average Bonchev–Trinajstić information content (AvgIpc) is 3.52. The molecule has 0 aliphatic carbocycles. The minimum atomic E-state index is -1.13. The first kappa shape index (κ1) is 22.0. The monoisotopic (exact) mass is 473 g/mol. The quantitative estimate of drug-likeness (QED) is 0.422. The molecule has 2 aromatic heterocycles. The Morgan fingerprint density at radius 3 is 2.41 bits per heavy atom. The van der Waals surface area contributed by atoms with Crippen molar-refractivity contribution in [3.63, 3.8) is 0 Å². The van der Waals surface area contributed by atoms with E-state index in [-0.39, 0.29) is 18.4 Å². The molecule has 6 nitrogen and oxygen atoms in total. The van der Waals surface area contributed by atoms with Crippen molar-refractivity contribution in [2.75, 3.05) is 0 Å². The molecule has 3 heterocycles. The van der Waals surface area contributed by atoms with E-state index in [2.05, 4.69) is 5.32 Å². The van der Waals surface area contributed by atoms with Gasteiger partial charge in [-0.2, -0.15) is 0 Å². The van der Waals surface area contributed by atoms with Gasteiger partial charge < -0.3 is 19.2 Å². The maximum atomic E-state index is 13.7. The van der Waals surface area contributed by atoms with Crippen LogP contribution in [0.25, 0.3) is 11.5 Å². The predicted octanol–water partition coefficient (Wildman–Crippen LogP) is 5.13. The van der Waals surface area contributed by atoms with Crippen molar-refractivity contribution in [1.82, 2.24) is 14.8 Å². The van der Waals surface area contributed by atoms with Crippen LogP contribution in [0.2, 0.25) is 5.02 Å². The van der Waals surface area contributed by atoms with Crippen molar-refractivity contribution in [3.8, 4) is 11.5 Å². The van der Waals surface area contributed by atoms with Crippen LogP contribution in [0.1, 0.15) is 28.5 Å². The van der Waals surface area contributed by atoms with Crippen LogP contribution < -0.4 is 5.32 Å². The van der Waals surface area contributed by atoms with Gasteiger partial charge in [0.2, 0.25) is 5.91 Å². The summed E-state index contributed by atoms with van der Waals surface area (Å²) in [7, 11) is 0. The Kier molecular flexibility index (Phi) is 5.75. The molecule has 172 valence electrons. The molecule has 1 atom stereocenters. The van der Waals surface area contributed by atoms with Gasteiger partial charge in [-0.15, -0.1) is 0 Å². The second-order valence-corrected chi connectivity index (χ2v) is 9.06. The van der Waals surface area contributed by atoms with Gasteiger partial charge in [-0.05, 0) is 54.4 Å². The molecular weight excluding hydrogens is 450 g/mol. The third-order valence-electron chi connectivity index (χ3n) is 6.32. The lowest BCUT2D eigenvalue weighted by Gasteiger charge is -2.44. The zero-order valence-electron chi connectivity index (χ0n) is 18.7. The van der Waals surface area contributed by atoms with Crippen LogP contribution in [0.15, 0.2) is 89.5 Å². The number of nitrogens with one attached hydrogen (secondary N) is 1. The molecule has 2 aromatic carbocycles. The van der Waals surface area contributed by atoms with Crippen molar-refractivity contribution in [2.45, 2.75) is 32.1 Å². The SMILES string of the molecule is C[C@@]1(C(=O)NCc2ccccc2)Cn2c(ccc2-c2ccco2)C(=O)N1Cc1ccc(Cl)cc1. The number of hydrogen-bond acceptors (Lipinski definition) is 3. The van der Waals surface area contributed by atoms with Crippen molar-refractivity contribution in [3.05, 3.63) is 107 Å². The first-order valence-electron chi connectivity index (χ1n) is 11.1. The van der Waals surface area contributed by atoms with Gasteiger partial charge in [0, 0.05) is 18.1 Å². The topological polar surface area (TPSA) is 67.5 Å². The molecule has 0 saturated carbocycles. The molecule has 1 N–H and O–H groups in total. The Labute approximate surface area is 202 Å². The summed E-state index contributed by atoms with van der Waals surface area (Å²) in [5, 5.41) is 3.66. The van der Waals surface area contributed by atoms with E-state index in [4.69, 9.17) is 16.0 Å². The Morgan fingerprint density at radius 2 is 1.71 bits per heavy atom. The third-order valence-corrected chi connectivity index (χ3v) is 6.57. The van der Waals surface area contributed by atoms with Gasteiger partial charge in [0.1, 0.15) is 17.0 Å². The zero-order chi connectivity index (χ0) is 23.7. The number of nitrogens with zero attached hydrogens (tertiary/aromatic N) is 2. The molecule has 0 spiro atoms. The second-order valence-electron chi connectivity index (χ2n) is 8.63. The molecular formula is C27H24ClN3O3. The van der Waals surface area contributed by atoms with E-state index in [1.807, 2.05) is 66.1 Å². The number of rotatable bonds is 6. The number of furan rings is 1. The van der Waals surface area contributed by atoms with Crippen LogP contribution in [0.4, 0.5) is 0 Å². The molecule has 0 unspecified atom stereocenters. The first-order valence-corrected chi connectivity index (χ1v) is 11.5. The standard InChI is InChI=1S/C27H24ClN3O3/c1-27(26(33)29-16-19-6-3-2-4-7-19)18-30-22(24-8-5-15-34-24)13-14-23(30)25(32)31(27)17-20-9-11-21(28)12-10-20/h2-15H,16-18H2,1H3,(H,29,33)/t27-/m0/s1. The molecule has 7 heteroatoms. The van der Waals surface area contributed by atoms with Crippen molar-refractivity contribution in [1.29, 1.82) is 0 Å².